The highest BCUT2D eigenvalue weighted by Gasteiger charge is 2.29. The van der Waals surface area contributed by atoms with Gasteiger partial charge in [-0.15, -0.1) is 0 Å². The van der Waals surface area contributed by atoms with Crippen LogP contribution >= 0.6 is 0 Å². The number of benzene rings is 2. The van der Waals surface area contributed by atoms with Gasteiger partial charge in [0, 0.05) is 32.3 Å². The Balaban J connectivity index is 1.94. The van der Waals surface area contributed by atoms with Gasteiger partial charge in [0.1, 0.15) is 0 Å². The Morgan fingerprint density at radius 3 is 2.59 bits per heavy atom. The second-order valence-corrected chi connectivity index (χ2v) is 7.07. The summed E-state index contributed by atoms with van der Waals surface area (Å²) in [5.41, 5.74) is 3.25. The lowest BCUT2D eigenvalue weighted by atomic mass is 10.0. The zero-order valence-electron chi connectivity index (χ0n) is 17.4. The van der Waals surface area contributed by atoms with Gasteiger partial charge in [-0.1, -0.05) is 24.3 Å². The largest absolute Gasteiger partial charge is 0.490 e. The van der Waals surface area contributed by atoms with Gasteiger partial charge in [0.25, 0.3) is 11.8 Å². The SMILES string of the molecule is CCOc1cc(/C=C2/C(=O)N(C)c3ccccc32)ccc1O[C@H](C)C(=O)N(C)C. The lowest BCUT2D eigenvalue weighted by molar-refractivity contribution is -0.135. The molecule has 6 heteroatoms. The van der Waals surface area contributed by atoms with E-state index in [1.165, 1.54) is 4.90 Å². The molecule has 0 unspecified atom stereocenters. The topological polar surface area (TPSA) is 59.1 Å². The van der Waals surface area contributed by atoms with Gasteiger partial charge in [-0.25, -0.2) is 0 Å². The van der Waals surface area contributed by atoms with Crippen LogP contribution in [0.4, 0.5) is 5.69 Å². The third-order valence-electron chi connectivity index (χ3n) is 4.76. The molecule has 0 aliphatic carbocycles. The Hall–Kier alpha value is -3.28. The number of hydrogen-bond donors (Lipinski definition) is 0. The predicted molar refractivity (Wildman–Crippen MR) is 114 cm³/mol. The van der Waals surface area contributed by atoms with Gasteiger partial charge in [-0.05, 0) is 43.7 Å². The van der Waals surface area contributed by atoms with Gasteiger partial charge < -0.3 is 19.3 Å². The minimum Gasteiger partial charge on any atom is -0.490 e. The summed E-state index contributed by atoms with van der Waals surface area (Å²) in [5, 5.41) is 0. The minimum absolute atomic E-state index is 0.0466. The molecule has 0 aromatic heterocycles. The second kappa shape index (κ2) is 8.39. The lowest BCUT2D eigenvalue weighted by Gasteiger charge is -2.20. The Morgan fingerprint density at radius 1 is 1.17 bits per heavy atom. The zero-order valence-corrected chi connectivity index (χ0v) is 17.4. The number of nitrogens with zero attached hydrogens (tertiary/aromatic N) is 2. The molecule has 1 aliphatic rings. The summed E-state index contributed by atoms with van der Waals surface area (Å²) in [5.74, 6) is 0.851. The van der Waals surface area contributed by atoms with Crippen LogP contribution in [0.2, 0.25) is 0 Å². The number of ether oxygens (including phenoxy) is 2. The van der Waals surface area contributed by atoms with Crippen molar-refractivity contribution in [2.75, 3.05) is 32.6 Å². The fourth-order valence-corrected chi connectivity index (χ4v) is 3.29. The van der Waals surface area contributed by atoms with E-state index in [1.54, 1.807) is 39.0 Å². The van der Waals surface area contributed by atoms with E-state index in [0.717, 1.165) is 16.8 Å². The molecule has 1 atom stereocenters. The summed E-state index contributed by atoms with van der Waals surface area (Å²) < 4.78 is 11.6. The van der Waals surface area contributed by atoms with Crippen molar-refractivity contribution < 1.29 is 19.1 Å². The molecule has 2 amide bonds. The van der Waals surface area contributed by atoms with Gasteiger partial charge in [-0.3, -0.25) is 9.59 Å². The van der Waals surface area contributed by atoms with Gasteiger partial charge >= 0.3 is 0 Å². The Bertz CT molecular complexity index is 965. The number of anilines is 1. The molecule has 152 valence electrons. The van der Waals surface area contributed by atoms with Crippen LogP contribution < -0.4 is 14.4 Å². The van der Waals surface area contributed by atoms with Crippen LogP contribution in [0.1, 0.15) is 25.0 Å². The summed E-state index contributed by atoms with van der Waals surface area (Å²) in [6, 6.07) is 13.2. The van der Waals surface area contributed by atoms with Crippen molar-refractivity contribution in [2.24, 2.45) is 0 Å². The predicted octanol–water partition coefficient (Wildman–Crippen LogP) is 3.46. The van der Waals surface area contributed by atoms with Crippen LogP contribution in [-0.4, -0.2) is 50.6 Å². The maximum Gasteiger partial charge on any atom is 0.262 e. The third-order valence-corrected chi connectivity index (χ3v) is 4.76. The van der Waals surface area contributed by atoms with Gasteiger partial charge in [-0.2, -0.15) is 0 Å². The van der Waals surface area contributed by atoms with E-state index in [4.69, 9.17) is 9.47 Å². The maximum atomic E-state index is 12.7. The van der Waals surface area contributed by atoms with E-state index < -0.39 is 6.10 Å². The van der Waals surface area contributed by atoms with Crippen LogP contribution in [-0.2, 0) is 9.59 Å². The summed E-state index contributed by atoms with van der Waals surface area (Å²) in [7, 11) is 5.15. The number of carbonyl (C=O) groups excluding carboxylic acids is 2. The Labute approximate surface area is 171 Å². The highest BCUT2D eigenvalue weighted by atomic mass is 16.5. The summed E-state index contributed by atoms with van der Waals surface area (Å²) >= 11 is 0. The summed E-state index contributed by atoms with van der Waals surface area (Å²) in [4.78, 5) is 27.9. The standard InChI is InChI=1S/C23H26N2O4/c1-6-28-21-14-16(11-12-20(21)29-15(2)22(26)24(3)4)13-18-17-9-7-8-10-19(17)25(5)23(18)27/h7-15H,6H2,1-5H3/b18-13+/t15-/m1/s1. The van der Waals surface area contributed by atoms with E-state index >= 15 is 0 Å². The molecule has 29 heavy (non-hydrogen) atoms. The molecule has 1 heterocycles. The third kappa shape index (κ3) is 4.11. The number of hydrogen-bond acceptors (Lipinski definition) is 4. The molecule has 6 nitrogen and oxygen atoms in total. The summed E-state index contributed by atoms with van der Waals surface area (Å²) in [6.07, 6.45) is 1.22. The lowest BCUT2D eigenvalue weighted by Crippen LogP contribution is -2.35. The van der Waals surface area contributed by atoms with Gasteiger partial charge in [0.2, 0.25) is 0 Å². The highest BCUT2D eigenvalue weighted by Crippen LogP contribution is 2.37. The zero-order chi connectivity index (χ0) is 21.1. The van der Waals surface area contributed by atoms with Crippen molar-refractivity contribution in [3.8, 4) is 11.5 Å². The van der Waals surface area contributed by atoms with Gasteiger partial charge in [0.15, 0.2) is 17.6 Å². The molecule has 1 aliphatic heterocycles. The van der Waals surface area contributed by atoms with Crippen molar-refractivity contribution in [3.63, 3.8) is 0 Å². The van der Waals surface area contributed by atoms with E-state index in [-0.39, 0.29) is 11.8 Å². The quantitative estimate of drug-likeness (QED) is 0.704. The molecule has 2 aromatic carbocycles. The molecule has 0 saturated heterocycles. The molecular formula is C23H26N2O4. The first-order valence-electron chi connectivity index (χ1n) is 9.57. The number of fused-ring (bicyclic) bond motifs is 1. The van der Waals surface area contributed by atoms with Crippen molar-refractivity contribution in [1.29, 1.82) is 0 Å². The fraction of sp³-hybridized carbons (Fsp3) is 0.304. The second-order valence-electron chi connectivity index (χ2n) is 7.07. The molecule has 0 bridgehead atoms. The van der Waals surface area contributed by atoms with E-state index in [2.05, 4.69) is 0 Å². The maximum absolute atomic E-state index is 12.7. The number of para-hydroxylation sites is 1. The number of likely N-dealkylation sites (N-methyl/N-ethyl adjacent to an activating group) is 2. The number of rotatable bonds is 6. The molecular weight excluding hydrogens is 368 g/mol. The highest BCUT2D eigenvalue weighted by molar-refractivity contribution is 6.35. The van der Waals surface area contributed by atoms with Crippen molar-refractivity contribution in [1.82, 2.24) is 4.90 Å². The average Bonchev–Trinajstić information content (AvgIpc) is 2.94. The van der Waals surface area contributed by atoms with E-state index in [0.29, 0.717) is 23.7 Å². The first kappa shape index (κ1) is 20.5. The Morgan fingerprint density at radius 2 is 1.90 bits per heavy atom. The van der Waals surface area contributed by atoms with Crippen molar-refractivity contribution in [3.05, 3.63) is 53.6 Å². The monoisotopic (exact) mass is 394 g/mol. The molecule has 3 rings (SSSR count). The first-order chi connectivity index (χ1) is 13.8. The molecule has 2 aromatic rings. The molecule has 0 spiro atoms. The molecule has 0 fully saturated rings. The average molecular weight is 394 g/mol. The van der Waals surface area contributed by atoms with Crippen LogP contribution in [0.15, 0.2) is 42.5 Å². The minimum atomic E-state index is -0.634. The van der Waals surface area contributed by atoms with Crippen LogP contribution in [0.25, 0.3) is 11.6 Å². The van der Waals surface area contributed by atoms with Crippen molar-refractivity contribution >= 4 is 29.2 Å². The van der Waals surface area contributed by atoms with Crippen molar-refractivity contribution in [2.45, 2.75) is 20.0 Å². The number of carbonyl (C=O) groups is 2. The van der Waals surface area contributed by atoms with E-state index in [1.807, 2.05) is 49.4 Å². The smallest absolute Gasteiger partial charge is 0.262 e. The Kier molecular flexibility index (Phi) is 5.92. The van der Waals surface area contributed by atoms with Gasteiger partial charge in [0.05, 0.1) is 12.3 Å². The van der Waals surface area contributed by atoms with Crippen LogP contribution in [0.3, 0.4) is 0 Å². The number of amides is 2. The van der Waals surface area contributed by atoms with E-state index in [9.17, 15) is 9.59 Å². The van der Waals surface area contributed by atoms with Crippen LogP contribution in [0.5, 0.6) is 11.5 Å². The molecule has 0 N–H and O–H groups in total. The summed E-state index contributed by atoms with van der Waals surface area (Å²) in [6.45, 7) is 4.05. The first-order valence-corrected chi connectivity index (χ1v) is 9.57. The molecule has 0 saturated carbocycles. The fourth-order valence-electron chi connectivity index (χ4n) is 3.29. The molecule has 0 radical (unpaired) electrons. The van der Waals surface area contributed by atoms with Crippen LogP contribution in [0, 0.1) is 0 Å². The normalized spacial score (nSPS) is 15.3.